The van der Waals surface area contributed by atoms with Gasteiger partial charge in [0.05, 0.1) is 31.6 Å². The molecule has 2 aliphatic rings. The lowest BCUT2D eigenvalue weighted by Crippen LogP contribution is -2.36. The fourth-order valence-corrected chi connectivity index (χ4v) is 4.57. The first-order chi connectivity index (χ1) is 17.6. The van der Waals surface area contributed by atoms with Crippen molar-refractivity contribution >= 4 is 34.7 Å². The summed E-state index contributed by atoms with van der Waals surface area (Å²) >= 11 is 0. The van der Waals surface area contributed by atoms with Crippen LogP contribution in [0, 0.1) is 0 Å². The molecule has 1 N–H and O–H groups in total. The van der Waals surface area contributed by atoms with E-state index >= 15 is 0 Å². The first kappa shape index (κ1) is 23.8. The predicted molar refractivity (Wildman–Crippen MR) is 141 cm³/mol. The second kappa shape index (κ2) is 10.7. The van der Waals surface area contributed by atoms with E-state index in [1.54, 1.807) is 24.3 Å². The number of hydrogen-bond acceptors (Lipinski definition) is 6. The summed E-state index contributed by atoms with van der Waals surface area (Å²) in [6.45, 7) is 3.35. The number of morpholine rings is 1. The van der Waals surface area contributed by atoms with Gasteiger partial charge in [0.15, 0.2) is 0 Å². The first-order valence-electron chi connectivity index (χ1n) is 12.2. The highest BCUT2D eigenvalue weighted by atomic mass is 16.5. The zero-order valence-corrected chi connectivity index (χ0v) is 20.3. The molecule has 0 aromatic heterocycles. The van der Waals surface area contributed by atoms with Gasteiger partial charge in [-0.2, -0.15) is 0 Å². The minimum atomic E-state index is -0.414. The Hall–Kier alpha value is -3.97. The van der Waals surface area contributed by atoms with Crippen LogP contribution in [0.5, 0.6) is 0 Å². The third kappa shape index (κ3) is 5.31. The van der Waals surface area contributed by atoms with E-state index in [4.69, 9.17) is 14.5 Å². The van der Waals surface area contributed by atoms with Crippen molar-refractivity contribution in [2.45, 2.75) is 19.3 Å². The summed E-state index contributed by atoms with van der Waals surface area (Å²) in [5.41, 5.74) is 6.92. The molecule has 7 nitrogen and oxygen atoms in total. The number of aliphatic imine (C=N–C) groups is 1. The number of rotatable bonds is 5. The largest absolute Gasteiger partial charge is 0.465 e. The fraction of sp³-hybridized carbons (Fsp3) is 0.276. The molecule has 0 bridgehead atoms. The Bertz CT molecular complexity index is 1280. The quantitative estimate of drug-likeness (QED) is 0.516. The molecule has 0 unspecified atom stereocenters. The second-order valence-electron chi connectivity index (χ2n) is 8.92. The molecule has 5 rings (SSSR count). The Balaban J connectivity index is 1.33. The topological polar surface area (TPSA) is 80.2 Å². The summed E-state index contributed by atoms with van der Waals surface area (Å²) in [4.78, 5) is 31.9. The van der Waals surface area contributed by atoms with E-state index in [1.807, 2.05) is 18.2 Å². The van der Waals surface area contributed by atoms with Crippen LogP contribution in [0.2, 0.25) is 0 Å². The van der Waals surface area contributed by atoms with Crippen LogP contribution in [-0.2, 0) is 15.9 Å². The zero-order valence-electron chi connectivity index (χ0n) is 20.3. The molecule has 0 aliphatic carbocycles. The molecule has 1 saturated heterocycles. The molecule has 0 spiro atoms. The number of methoxy groups -OCH3 is 1. The van der Waals surface area contributed by atoms with Crippen LogP contribution in [0.4, 0.5) is 17.1 Å². The molecular weight excluding hydrogens is 454 g/mol. The number of amides is 1. The summed E-state index contributed by atoms with van der Waals surface area (Å²) < 4.78 is 10.2. The average Bonchev–Trinajstić information content (AvgIpc) is 3.15. The summed E-state index contributed by atoms with van der Waals surface area (Å²) in [6, 6.07) is 20.9. The molecular formula is C29H29N3O4. The number of anilines is 2. The molecule has 0 atom stereocenters. The zero-order chi connectivity index (χ0) is 24.9. The van der Waals surface area contributed by atoms with Gasteiger partial charge in [0.1, 0.15) is 0 Å². The summed E-state index contributed by atoms with van der Waals surface area (Å²) in [6.07, 6.45) is 2.82. The van der Waals surface area contributed by atoms with Gasteiger partial charge in [0, 0.05) is 35.7 Å². The highest BCUT2D eigenvalue weighted by Crippen LogP contribution is 2.29. The Morgan fingerprint density at radius 1 is 0.917 bits per heavy atom. The standard InChI is InChI=1S/C29H29N3O4/c1-35-29(34)22-7-11-24(12-8-22)30-28(33)23-6-5-20-3-2-4-26(31-27(20)19-23)21-9-13-25(14-10-21)32-15-17-36-18-16-32/h5-14,19H,2-4,15-18H2,1H3,(H,30,33). The summed E-state index contributed by atoms with van der Waals surface area (Å²) in [7, 11) is 1.34. The van der Waals surface area contributed by atoms with Gasteiger partial charge in [-0.25, -0.2) is 4.79 Å². The summed E-state index contributed by atoms with van der Waals surface area (Å²) in [5, 5.41) is 2.89. The first-order valence-corrected chi connectivity index (χ1v) is 12.2. The van der Waals surface area contributed by atoms with E-state index in [1.165, 1.54) is 12.8 Å². The number of carbonyl (C=O) groups is 2. The number of benzene rings is 3. The van der Waals surface area contributed by atoms with Crippen LogP contribution in [0.1, 0.15) is 44.7 Å². The van der Waals surface area contributed by atoms with Gasteiger partial charge < -0.3 is 19.7 Å². The second-order valence-corrected chi connectivity index (χ2v) is 8.92. The maximum absolute atomic E-state index is 12.9. The number of nitrogens with one attached hydrogen (secondary N) is 1. The molecule has 3 aromatic carbocycles. The molecule has 1 amide bonds. The van der Waals surface area contributed by atoms with Crippen molar-refractivity contribution in [3.63, 3.8) is 0 Å². The molecule has 0 radical (unpaired) electrons. The Labute approximate surface area is 210 Å². The smallest absolute Gasteiger partial charge is 0.337 e. The van der Waals surface area contributed by atoms with Crippen molar-refractivity contribution in [2.24, 2.45) is 4.99 Å². The number of fused-ring (bicyclic) bond motifs is 1. The summed E-state index contributed by atoms with van der Waals surface area (Å²) in [5.74, 6) is -0.637. The van der Waals surface area contributed by atoms with Crippen LogP contribution < -0.4 is 10.2 Å². The lowest BCUT2D eigenvalue weighted by molar-refractivity contribution is 0.0600. The highest BCUT2D eigenvalue weighted by molar-refractivity contribution is 6.06. The molecule has 0 saturated carbocycles. The van der Waals surface area contributed by atoms with Crippen molar-refractivity contribution in [3.8, 4) is 0 Å². The SMILES string of the molecule is COC(=O)c1ccc(NC(=O)c2ccc3c(c2)N=C(c2ccc(N4CCOCC4)cc2)CCC3)cc1. The molecule has 36 heavy (non-hydrogen) atoms. The molecule has 1 fully saturated rings. The van der Waals surface area contributed by atoms with E-state index in [0.717, 1.165) is 68.1 Å². The maximum Gasteiger partial charge on any atom is 0.337 e. The third-order valence-corrected chi connectivity index (χ3v) is 6.60. The van der Waals surface area contributed by atoms with Gasteiger partial charge in [-0.1, -0.05) is 18.2 Å². The van der Waals surface area contributed by atoms with Gasteiger partial charge in [-0.05, 0) is 78.9 Å². The van der Waals surface area contributed by atoms with E-state index in [9.17, 15) is 9.59 Å². The van der Waals surface area contributed by atoms with Gasteiger partial charge in [-0.15, -0.1) is 0 Å². The van der Waals surface area contributed by atoms with Crippen molar-refractivity contribution in [1.29, 1.82) is 0 Å². The maximum atomic E-state index is 12.9. The Morgan fingerprint density at radius 3 is 2.36 bits per heavy atom. The molecule has 7 heteroatoms. The van der Waals surface area contributed by atoms with Crippen LogP contribution in [-0.4, -0.2) is 51.0 Å². The minimum Gasteiger partial charge on any atom is -0.465 e. The average molecular weight is 484 g/mol. The number of ether oxygens (including phenoxy) is 2. The van der Waals surface area contributed by atoms with Gasteiger partial charge >= 0.3 is 5.97 Å². The van der Waals surface area contributed by atoms with Crippen molar-refractivity contribution in [2.75, 3.05) is 43.6 Å². The molecule has 2 aliphatic heterocycles. The Kier molecular flexibility index (Phi) is 7.09. The Morgan fingerprint density at radius 2 is 1.64 bits per heavy atom. The molecule has 3 aromatic rings. The molecule has 184 valence electrons. The number of esters is 1. The number of carbonyl (C=O) groups excluding carboxylic acids is 2. The number of aryl methyl sites for hydroxylation is 1. The van der Waals surface area contributed by atoms with Crippen LogP contribution >= 0.6 is 0 Å². The van der Waals surface area contributed by atoms with Crippen molar-refractivity contribution in [1.82, 2.24) is 0 Å². The molecule has 2 heterocycles. The predicted octanol–water partition coefficient (Wildman–Crippen LogP) is 5.02. The highest BCUT2D eigenvalue weighted by Gasteiger charge is 2.16. The van der Waals surface area contributed by atoms with E-state index in [0.29, 0.717) is 16.8 Å². The van der Waals surface area contributed by atoms with E-state index < -0.39 is 5.97 Å². The van der Waals surface area contributed by atoms with E-state index in [-0.39, 0.29) is 5.91 Å². The monoisotopic (exact) mass is 483 g/mol. The lowest BCUT2D eigenvalue weighted by atomic mass is 10.0. The normalized spacial score (nSPS) is 15.4. The van der Waals surface area contributed by atoms with Gasteiger partial charge in [-0.3, -0.25) is 9.79 Å². The van der Waals surface area contributed by atoms with Gasteiger partial charge in [0.25, 0.3) is 5.91 Å². The van der Waals surface area contributed by atoms with Gasteiger partial charge in [0.2, 0.25) is 0 Å². The van der Waals surface area contributed by atoms with Crippen LogP contribution in [0.3, 0.4) is 0 Å². The van der Waals surface area contributed by atoms with Crippen molar-refractivity contribution < 1.29 is 19.1 Å². The van der Waals surface area contributed by atoms with E-state index in [2.05, 4.69) is 34.5 Å². The minimum absolute atomic E-state index is 0.223. The number of hydrogen-bond donors (Lipinski definition) is 1. The van der Waals surface area contributed by atoms with Crippen molar-refractivity contribution in [3.05, 3.63) is 89.0 Å². The fourth-order valence-electron chi connectivity index (χ4n) is 4.57. The lowest BCUT2D eigenvalue weighted by Gasteiger charge is -2.29. The number of nitrogens with zero attached hydrogens (tertiary/aromatic N) is 2. The van der Waals surface area contributed by atoms with Crippen LogP contribution in [0.15, 0.2) is 71.7 Å². The van der Waals surface area contributed by atoms with Crippen LogP contribution in [0.25, 0.3) is 0 Å². The third-order valence-electron chi connectivity index (χ3n) is 6.60.